The largest absolute Gasteiger partial charge is 0.398 e. The molecule has 0 amide bonds. The summed E-state index contributed by atoms with van der Waals surface area (Å²) in [5.41, 5.74) is 9.87. The van der Waals surface area contributed by atoms with Gasteiger partial charge in [0.25, 0.3) is 0 Å². The molecular weight excluding hydrogens is 280 g/mol. The van der Waals surface area contributed by atoms with Crippen LogP contribution in [0.2, 0.25) is 0 Å². The maximum atomic E-state index is 5.83. The van der Waals surface area contributed by atoms with E-state index in [0.717, 1.165) is 33.6 Å². The lowest BCUT2D eigenvalue weighted by atomic mass is 10.2. The van der Waals surface area contributed by atoms with Gasteiger partial charge in [0.05, 0.1) is 12.2 Å². The van der Waals surface area contributed by atoms with E-state index in [0.29, 0.717) is 0 Å². The first-order valence-corrected chi connectivity index (χ1v) is 6.13. The highest BCUT2D eigenvalue weighted by molar-refractivity contribution is 9.10. The third-order valence-corrected chi connectivity index (χ3v) is 3.39. The maximum absolute atomic E-state index is 5.83. The van der Waals surface area contributed by atoms with Crippen LogP contribution in [0.5, 0.6) is 0 Å². The Morgan fingerprint density at radius 1 is 1.47 bits per heavy atom. The summed E-state index contributed by atoms with van der Waals surface area (Å²) in [4.78, 5) is 0. The molecule has 0 atom stereocenters. The van der Waals surface area contributed by atoms with Crippen LogP contribution in [0.1, 0.15) is 11.3 Å². The van der Waals surface area contributed by atoms with Gasteiger partial charge in [-0.25, -0.2) is 0 Å². The monoisotopic (exact) mass is 294 g/mol. The van der Waals surface area contributed by atoms with Gasteiger partial charge in [0.2, 0.25) is 0 Å². The van der Waals surface area contributed by atoms with Crippen molar-refractivity contribution >= 4 is 27.3 Å². The number of nitrogens with two attached hydrogens (primary N) is 1. The molecule has 0 fully saturated rings. The van der Waals surface area contributed by atoms with Gasteiger partial charge < -0.3 is 11.1 Å². The van der Waals surface area contributed by atoms with Crippen LogP contribution in [0.3, 0.4) is 0 Å². The van der Waals surface area contributed by atoms with Crippen molar-refractivity contribution in [3.05, 3.63) is 40.1 Å². The number of anilines is 2. The van der Waals surface area contributed by atoms with Gasteiger partial charge in [-0.05, 0) is 46.6 Å². The fourth-order valence-corrected chi connectivity index (χ4v) is 2.09. The predicted molar refractivity (Wildman–Crippen MR) is 73.8 cm³/mol. The molecule has 2 aromatic rings. The number of rotatable bonds is 3. The quantitative estimate of drug-likeness (QED) is 0.856. The maximum Gasteiger partial charge on any atom is 0.0571 e. The van der Waals surface area contributed by atoms with E-state index in [9.17, 15) is 0 Å². The fraction of sp³-hybridized carbons (Fsp3) is 0.250. The van der Waals surface area contributed by atoms with Crippen LogP contribution in [-0.2, 0) is 13.6 Å². The molecule has 0 spiro atoms. The van der Waals surface area contributed by atoms with E-state index in [1.807, 2.05) is 36.9 Å². The average molecular weight is 295 g/mol. The third-order valence-electron chi connectivity index (χ3n) is 2.74. The van der Waals surface area contributed by atoms with E-state index in [1.54, 1.807) is 6.20 Å². The number of hydrogen-bond acceptors (Lipinski definition) is 3. The molecule has 0 saturated carbocycles. The second-order valence-corrected chi connectivity index (χ2v) is 4.84. The first-order valence-electron chi connectivity index (χ1n) is 5.34. The van der Waals surface area contributed by atoms with Crippen molar-refractivity contribution in [2.45, 2.75) is 13.5 Å². The molecule has 17 heavy (non-hydrogen) atoms. The Kier molecular flexibility index (Phi) is 3.38. The summed E-state index contributed by atoms with van der Waals surface area (Å²) in [6.45, 7) is 2.73. The van der Waals surface area contributed by atoms with Gasteiger partial charge >= 0.3 is 0 Å². The molecule has 0 unspecified atom stereocenters. The van der Waals surface area contributed by atoms with Crippen molar-refractivity contribution in [2.75, 3.05) is 11.1 Å². The summed E-state index contributed by atoms with van der Waals surface area (Å²) in [5.74, 6) is 0. The van der Waals surface area contributed by atoms with Gasteiger partial charge in [-0.3, -0.25) is 4.68 Å². The molecule has 0 aliphatic heterocycles. The number of nitrogens with zero attached hydrogens (tertiary/aromatic N) is 2. The van der Waals surface area contributed by atoms with Crippen LogP contribution in [0.25, 0.3) is 0 Å². The fourth-order valence-electron chi connectivity index (χ4n) is 1.59. The van der Waals surface area contributed by atoms with Gasteiger partial charge in [-0.2, -0.15) is 5.10 Å². The number of halogens is 1. The van der Waals surface area contributed by atoms with Gasteiger partial charge in [0.1, 0.15) is 0 Å². The Morgan fingerprint density at radius 2 is 2.24 bits per heavy atom. The predicted octanol–water partition coefficient (Wildman–Crippen LogP) is 2.69. The van der Waals surface area contributed by atoms with Crippen molar-refractivity contribution in [2.24, 2.45) is 7.05 Å². The van der Waals surface area contributed by atoms with Crippen molar-refractivity contribution in [1.82, 2.24) is 9.78 Å². The van der Waals surface area contributed by atoms with Gasteiger partial charge in [-0.15, -0.1) is 0 Å². The van der Waals surface area contributed by atoms with Crippen LogP contribution >= 0.6 is 15.9 Å². The van der Waals surface area contributed by atoms with E-state index < -0.39 is 0 Å². The molecule has 0 aliphatic carbocycles. The van der Waals surface area contributed by atoms with Crippen LogP contribution in [0.15, 0.2) is 28.9 Å². The highest BCUT2D eigenvalue weighted by atomic mass is 79.9. The summed E-state index contributed by atoms with van der Waals surface area (Å²) in [5, 5.41) is 7.49. The number of hydrogen-bond donors (Lipinski definition) is 2. The average Bonchev–Trinajstić information content (AvgIpc) is 2.68. The zero-order valence-corrected chi connectivity index (χ0v) is 11.5. The Balaban J connectivity index is 2.14. The van der Waals surface area contributed by atoms with E-state index in [-0.39, 0.29) is 0 Å². The first-order chi connectivity index (χ1) is 8.08. The Labute approximate surface area is 109 Å². The Bertz CT molecular complexity index is 533. The van der Waals surface area contributed by atoms with E-state index >= 15 is 0 Å². The normalized spacial score (nSPS) is 10.5. The van der Waals surface area contributed by atoms with Gasteiger partial charge in [-0.1, -0.05) is 0 Å². The van der Waals surface area contributed by atoms with Gasteiger partial charge in [0.15, 0.2) is 0 Å². The van der Waals surface area contributed by atoms with Crippen molar-refractivity contribution in [3.8, 4) is 0 Å². The lowest BCUT2D eigenvalue weighted by Gasteiger charge is -2.11. The number of aromatic nitrogens is 2. The standard InChI is InChI=1S/C12H15BrN4/c1-8-5-12(10(13)6-11(8)14)15-7-9-3-4-16-17(9)2/h3-6,15H,7,14H2,1-2H3. The highest BCUT2D eigenvalue weighted by Crippen LogP contribution is 2.28. The molecule has 1 aromatic heterocycles. The zero-order valence-electron chi connectivity index (χ0n) is 9.87. The molecule has 1 aromatic carbocycles. The van der Waals surface area contributed by atoms with E-state index in [4.69, 9.17) is 5.73 Å². The first kappa shape index (κ1) is 12.0. The number of nitrogens with one attached hydrogen (secondary N) is 1. The number of nitrogen functional groups attached to an aromatic ring is 1. The van der Waals surface area contributed by atoms with Crippen LogP contribution in [0.4, 0.5) is 11.4 Å². The summed E-state index contributed by atoms with van der Waals surface area (Å²) in [6.07, 6.45) is 1.79. The van der Waals surface area contributed by atoms with Crippen molar-refractivity contribution in [3.63, 3.8) is 0 Å². The summed E-state index contributed by atoms with van der Waals surface area (Å²) < 4.78 is 2.83. The second-order valence-electron chi connectivity index (χ2n) is 3.99. The van der Waals surface area contributed by atoms with Crippen LogP contribution in [0, 0.1) is 6.92 Å². The van der Waals surface area contributed by atoms with Crippen LogP contribution < -0.4 is 11.1 Å². The van der Waals surface area contributed by atoms with Crippen molar-refractivity contribution < 1.29 is 0 Å². The highest BCUT2D eigenvalue weighted by Gasteiger charge is 2.04. The minimum absolute atomic E-state index is 0.735. The number of aryl methyl sites for hydroxylation is 2. The van der Waals surface area contributed by atoms with Crippen molar-refractivity contribution in [1.29, 1.82) is 0 Å². The SMILES string of the molecule is Cc1cc(NCc2ccnn2C)c(Br)cc1N. The topological polar surface area (TPSA) is 55.9 Å². The lowest BCUT2D eigenvalue weighted by Crippen LogP contribution is -2.06. The Hall–Kier alpha value is -1.49. The van der Waals surface area contributed by atoms with E-state index in [1.165, 1.54) is 0 Å². The smallest absolute Gasteiger partial charge is 0.0571 e. The molecule has 1 heterocycles. The molecule has 5 heteroatoms. The minimum atomic E-state index is 0.735. The van der Waals surface area contributed by atoms with Gasteiger partial charge in [0, 0.05) is 29.1 Å². The summed E-state index contributed by atoms with van der Waals surface area (Å²) in [7, 11) is 1.93. The molecule has 0 bridgehead atoms. The molecule has 0 aliphatic rings. The summed E-state index contributed by atoms with van der Waals surface area (Å²) >= 11 is 3.50. The third kappa shape index (κ3) is 2.61. The molecule has 90 valence electrons. The zero-order chi connectivity index (χ0) is 12.4. The molecule has 2 rings (SSSR count). The van der Waals surface area contributed by atoms with E-state index in [2.05, 4.69) is 26.3 Å². The molecule has 0 saturated heterocycles. The summed E-state index contributed by atoms with van der Waals surface area (Å²) in [6, 6.07) is 5.95. The molecular formula is C12H15BrN4. The second kappa shape index (κ2) is 4.79. The molecule has 0 radical (unpaired) electrons. The Morgan fingerprint density at radius 3 is 2.88 bits per heavy atom. The lowest BCUT2D eigenvalue weighted by molar-refractivity contribution is 0.720. The molecule has 3 N–H and O–H groups in total. The van der Waals surface area contributed by atoms with Crippen LogP contribution in [-0.4, -0.2) is 9.78 Å². The molecule has 4 nitrogen and oxygen atoms in total. The number of benzene rings is 1. The minimum Gasteiger partial charge on any atom is -0.398 e.